The molecule has 0 heterocycles. The highest BCUT2D eigenvalue weighted by atomic mass is 31.1. The lowest BCUT2D eigenvalue weighted by Crippen LogP contribution is -2.44. The Balaban J connectivity index is 4.32. The van der Waals surface area contributed by atoms with Crippen LogP contribution in [0.25, 0.3) is 0 Å². The van der Waals surface area contributed by atoms with Gasteiger partial charge in [-0.1, -0.05) is 13.3 Å². The number of methoxy groups -OCH3 is 1. The van der Waals surface area contributed by atoms with Crippen molar-refractivity contribution in [1.29, 1.82) is 0 Å². The molecule has 1 N–H and O–H groups in total. The Kier molecular flexibility index (Phi) is 10.9. The first-order valence-electron chi connectivity index (χ1n) is 7.86. The molecule has 0 saturated heterocycles. The minimum atomic E-state index is -1.95. The minimum absolute atomic E-state index is 0.199. The van der Waals surface area contributed by atoms with Crippen molar-refractivity contribution < 1.29 is 28.4 Å². The van der Waals surface area contributed by atoms with Crippen LogP contribution in [0.2, 0.25) is 0 Å². The molecule has 0 saturated carbocycles. The number of amides is 1. The predicted octanol–water partition coefficient (Wildman–Crippen LogP) is 2.78. The van der Waals surface area contributed by atoms with Crippen LogP contribution in [0.15, 0.2) is 0 Å². The van der Waals surface area contributed by atoms with Crippen LogP contribution in [0.5, 0.6) is 0 Å². The van der Waals surface area contributed by atoms with Gasteiger partial charge < -0.3 is 24.1 Å². The molecule has 0 aliphatic rings. The van der Waals surface area contributed by atoms with Crippen LogP contribution >= 0.6 is 7.80 Å². The van der Waals surface area contributed by atoms with E-state index in [1.807, 2.05) is 0 Å². The number of carbonyl (C=O) groups excluding carboxylic acids is 2. The van der Waals surface area contributed by atoms with Crippen LogP contribution in [0.1, 0.15) is 47.0 Å². The summed E-state index contributed by atoms with van der Waals surface area (Å²) in [6, 6.07) is -0.876. The van der Waals surface area contributed by atoms with E-state index in [1.54, 1.807) is 20.8 Å². The summed E-state index contributed by atoms with van der Waals surface area (Å²) in [5.41, 5.74) is -0.661. The van der Waals surface area contributed by atoms with Gasteiger partial charge in [0.05, 0.1) is 13.5 Å². The number of rotatable bonds is 10. The van der Waals surface area contributed by atoms with E-state index in [4.69, 9.17) is 9.47 Å². The molecule has 0 rings (SSSR count). The number of unbranched alkanes of at least 4 members (excludes halogenated alkanes) is 1. The van der Waals surface area contributed by atoms with E-state index in [1.165, 1.54) is 7.11 Å². The van der Waals surface area contributed by atoms with E-state index in [9.17, 15) is 14.2 Å². The van der Waals surface area contributed by atoms with Crippen LogP contribution < -0.4 is 5.32 Å². The molecule has 1 amide bonds. The molecule has 0 aromatic heterocycles. The summed E-state index contributed by atoms with van der Waals surface area (Å²) in [5.74, 6) is -0.586. The van der Waals surface area contributed by atoms with Gasteiger partial charge in [-0.3, -0.25) is 0 Å². The van der Waals surface area contributed by atoms with Gasteiger partial charge >= 0.3 is 12.1 Å². The van der Waals surface area contributed by atoms with E-state index in [-0.39, 0.29) is 12.8 Å². The number of hydrogen-bond acceptors (Lipinski definition) is 6. The quantitative estimate of drug-likeness (QED) is 0.370. The van der Waals surface area contributed by atoms with Crippen molar-refractivity contribution in [3.8, 4) is 0 Å². The molecule has 8 heteroatoms. The maximum atomic E-state index is 11.9. The first-order chi connectivity index (χ1) is 10.7. The molecule has 7 nitrogen and oxygen atoms in total. The molecule has 136 valence electrons. The monoisotopic (exact) mass is 351 g/mol. The topological polar surface area (TPSA) is 90.9 Å². The van der Waals surface area contributed by atoms with Crippen LogP contribution in [-0.4, -0.2) is 49.9 Å². The highest BCUT2D eigenvalue weighted by Gasteiger charge is 2.25. The second-order valence-electron chi connectivity index (χ2n) is 6.21. The number of carbonyl (C=O) groups is 2. The first kappa shape index (κ1) is 21.9. The second kappa shape index (κ2) is 11.5. The summed E-state index contributed by atoms with van der Waals surface area (Å²) < 4.78 is 27.0. The van der Waals surface area contributed by atoms with Gasteiger partial charge in [0.2, 0.25) is 0 Å². The summed E-state index contributed by atoms with van der Waals surface area (Å²) in [6.07, 6.45) is 1.97. The van der Waals surface area contributed by atoms with Crippen molar-refractivity contribution >= 4 is 19.9 Å². The summed E-state index contributed by atoms with van der Waals surface area (Å²) in [6.45, 7) is 7.82. The average Bonchev–Trinajstić information content (AvgIpc) is 2.45. The number of alkyl carbamates (subject to hydrolysis) is 1. The average molecular weight is 351 g/mol. The molecule has 0 bridgehead atoms. The molecule has 0 radical (unpaired) electrons. The maximum absolute atomic E-state index is 11.9. The molecule has 0 aliphatic heterocycles. The number of ether oxygens (including phenoxy) is 3. The summed E-state index contributed by atoms with van der Waals surface area (Å²) in [7, 11) is -0.709. The van der Waals surface area contributed by atoms with Gasteiger partial charge in [-0.25, -0.2) is 9.59 Å². The summed E-state index contributed by atoms with van der Waals surface area (Å²) in [4.78, 5) is 23.5. The molecule has 2 unspecified atom stereocenters. The Morgan fingerprint density at radius 1 is 1.26 bits per heavy atom. The Hall–Kier alpha value is -1.07. The molecular weight excluding hydrogens is 321 g/mol. The third kappa shape index (κ3) is 12.1. The van der Waals surface area contributed by atoms with Crippen molar-refractivity contribution in [2.45, 2.75) is 58.6 Å². The third-order valence-corrected chi connectivity index (χ3v) is 4.17. The largest absolute Gasteiger partial charge is 0.467 e. The van der Waals surface area contributed by atoms with Gasteiger partial charge in [0.1, 0.15) is 19.4 Å². The standard InChI is InChI=1S/C15H30NO6P/c1-6-7-9-21-11-23(19)10-8-12(13(17)20-5)16-14(18)22-15(2,3)4/h12,23H,6-11H2,1-5H3,(H,16,18). The molecule has 0 spiro atoms. The lowest BCUT2D eigenvalue weighted by molar-refractivity contribution is -0.143. The highest BCUT2D eigenvalue weighted by molar-refractivity contribution is 7.44. The Morgan fingerprint density at radius 2 is 1.91 bits per heavy atom. The number of nitrogens with one attached hydrogen (secondary N) is 1. The SMILES string of the molecule is CCCCOC[PH](=O)CCC(NC(=O)OC(C)(C)C)C(=O)OC. The zero-order valence-corrected chi connectivity index (χ0v) is 15.8. The third-order valence-electron chi connectivity index (χ3n) is 2.79. The highest BCUT2D eigenvalue weighted by Crippen LogP contribution is 2.22. The van der Waals surface area contributed by atoms with Crippen molar-refractivity contribution in [2.75, 3.05) is 26.2 Å². The van der Waals surface area contributed by atoms with Gasteiger partial charge in [-0.2, -0.15) is 0 Å². The number of esters is 1. The first-order valence-corrected chi connectivity index (χ1v) is 9.68. The van der Waals surface area contributed by atoms with Crippen LogP contribution in [0.4, 0.5) is 4.79 Å². The van der Waals surface area contributed by atoms with Gasteiger partial charge in [0, 0.05) is 12.8 Å². The molecule has 0 aromatic rings. The normalized spacial score (nSPS) is 14.0. The van der Waals surface area contributed by atoms with Crippen LogP contribution in [0, 0.1) is 0 Å². The lowest BCUT2D eigenvalue weighted by Gasteiger charge is -2.22. The molecule has 2 atom stereocenters. The van der Waals surface area contributed by atoms with Gasteiger partial charge in [0.15, 0.2) is 0 Å². The zero-order valence-electron chi connectivity index (χ0n) is 14.8. The van der Waals surface area contributed by atoms with E-state index in [0.29, 0.717) is 12.8 Å². The van der Waals surface area contributed by atoms with E-state index in [0.717, 1.165) is 12.8 Å². The smallest absolute Gasteiger partial charge is 0.408 e. The second-order valence-corrected chi connectivity index (χ2v) is 8.07. The predicted molar refractivity (Wildman–Crippen MR) is 89.4 cm³/mol. The van der Waals surface area contributed by atoms with Gasteiger partial charge in [-0.15, -0.1) is 0 Å². The number of hydrogen-bond donors (Lipinski definition) is 1. The molecule has 0 aromatic carbocycles. The van der Waals surface area contributed by atoms with Crippen molar-refractivity contribution in [3.05, 3.63) is 0 Å². The fourth-order valence-corrected chi connectivity index (χ4v) is 2.78. The lowest BCUT2D eigenvalue weighted by atomic mass is 10.2. The van der Waals surface area contributed by atoms with Gasteiger partial charge in [0.25, 0.3) is 0 Å². The van der Waals surface area contributed by atoms with Crippen LogP contribution in [0.3, 0.4) is 0 Å². The Morgan fingerprint density at radius 3 is 2.43 bits per heavy atom. The summed E-state index contributed by atoms with van der Waals surface area (Å²) >= 11 is 0. The molecule has 0 aliphatic carbocycles. The Labute approximate surface area is 139 Å². The minimum Gasteiger partial charge on any atom is -0.467 e. The van der Waals surface area contributed by atoms with E-state index < -0.39 is 31.5 Å². The molecule has 0 fully saturated rings. The van der Waals surface area contributed by atoms with Crippen LogP contribution in [-0.2, 0) is 23.6 Å². The van der Waals surface area contributed by atoms with Crippen molar-refractivity contribution in [2.24, 2.45) is 0 Å². The molecular formula is C15H30NO6P. The Bertz CT molecular complexity index is 394. The van der Waals surface area contributed by atoms with Gasteiger partial charge in [-0.05, 0) is 33.6 Å². The molecule has 23 heavy (non-hydrogen) atoms. The fraction of sp³-hybridized carbons (Fsp3) is 0.867. The fourth-order valence-electron chi connectivity index (χ4n) is 1.65. The van der Waals surface area contributed by atoms with E-state index in [2.05, 4.69) is 17.0 Å². The van der Waals surface area contributed by atoms with Crippen molar-refractivity contribution in [1.82, 2.24) is 5.32 Å². The maximum Gasteiger partial charge on any atom is 0.408 e. The van der Waals surface area contributed by atoms with E-state index >= 15 is 0 Å². The summed E-state index contributed by atoms with van der Waals surface area (Å²) in [5, 5.41) is 2.46. The zero-order chi connectivity index (χ0) is 17.9. The van der Waals surface area contributed by atoms with Crippen molar-refractivity contribution in [3.63, 3.8) is 0 Å².